The number of hydrogen-bond acceptors (Lipinski definition) is 5. The largest absolute Gasteiger partial charge is 0.497 e. The average molecular weight is 365 g/mol. The number of aryl methyl sites for hydroxylation is 1. The van der Waals surface area contributed by atoms with Crippen LogP contribution in [0.4, 0.5) is 10.1 Å². The van der Waals surface area contributed by atoms with Gasteiger partial charge >= 0.3 is 0 Å². The zero-order chi connectivity index (χ0) is 18.5. The van der Waals surface area contributed by atoms with E-state index in [0.717, 1.165) is 22.6 Å². The molecule has 1 aromatic heterocycles. The van der Waals surface area contributed by atoms with Gasteiger partial charge in [0.2, 0.25) is 0 Å². The van der Waals surface area contributed by atoms with Crippen LogP contribution in [0.2, 0.25) is 0 Å². The summed E-state index contributed by atoms with van der Waals surface area (Å²) in [6.07, 6.45) is 1.55. The maximum absolute atomic E-state index is 13.4. The molecule has 0 aliphatic rings. The van der Waals surface area contributed by atoms with Crippen LogP contribution in [0, 0.1) is 24.1 Å². The van der Waals surface area contributed by atoms with Crippen LogP contribution in [-0.2, 0) is 0 Å². The standard InChI is InChI=1S/C20H16FN3OS/c1-13-3-6-16(21)9-18(13)23-11-15(10-22)20-24-19(12-26-20)14-4-7-17(25-2)8-5-14/h3-9,11-12,23H,1-2H3/b15-11+. The van der Waals surface area contributed by atoms with Crippen LogP contribution in [0.3, 0.4) is 0 Å². The Morgan fingerprint density at radius 1 is 1.27 bits per heavy atom. The molecule has 26 heavy (non-hydrogen) atoms. The molecule has 3 rings (SSSR count). The number of anilines is 1. The molecule has 1 heterocycles. The lowest BCUT2D eigenvalue weighted by atomic mass is 10.2. The van der Waals surface area contributed by atoms with E-state index in [1.807, 2.05) is 36.6 Å². The molecule has 2 aromatic carbocycles. The van der Waals surface area contributed by atoms with Gasteiger partial charge in [-0.3, -0.25) is 0 Å². The van der Waals surface area contributed by atoms with Crippen molar-refractivity contribution in [3.63, 3.8) is 0 Å². The third-order valence-electron chi connectivity index (χ3n) is 3.81. The van der Waals surface area contributed by atoms with Crippen molar-refractivity contribution in [1.29, 1.82) is 5.26 Å². The minimum Gasteiger partial charge on any atom is -0.497 e. The van der Waals surface area contributed by atoms with Gasteiger partial charge in [-0.1, -0.05) is 6.07 Å². The van der Waals surface area contributed by atoms with Gasteiger partial charge in [0.15, 0.2) is 0 Å². The molecule has 0 amide bonds. The Bertz CT molecular complexity index is 987. The van der Waals surface area contributed by atoms with E-state index < -0.39 is 0 Å². The number of aromatic nitrogens is 1. The summed E-state index contributed by atoms with van der Waals surface area (Å²) in [4.78, 5) is 4.53. The molecular weight excluding hydrogens is 349 g/mol. The van der Waals surface area contributed by atoms with Gasteiger partial charge in [-0.15, -0.1) is 11.3 Å². The predicted molar refractivity (Wildman–Crippen MR) is 102 cm³/mol. The fourth-order valence-corrected chi connectivity index (χ4v) is 3.13. The quantitative estimate of drug-likeness (QED) is 0.628. The molecule has 0 spiro atoms. The second-order valence-electron chi connectivity index (χ2n) is 5.54. The SMILES string of the molecule is COc1ccc(-c2csc(/C(C#N)=C/Nc3cc(F)ccc3C)n2)cc1. The molecule has 6 heteroatoms. The summed E-state index contributed by atoms with van der Waals surface area (Å²) in [5.74, 6) is 0.442. The first-order chi connectivity index (χ1) is 12.6. The zero-order valence-electron chi connectivity index (χ0n) is 14.3. The number of nitrogens with zero attached hydrogens (tertiary/aromatic N) is 2. The third-order valence-corrected chi connectivity index (χ3v) is 4.69. The normalized spacial score (nSPS) is 11.1. The van der Waals surface area contributed by atoms with Crippen molar-refractivity contribution in [2.45, 2.75) is 6.92 Å². The fraction of sp³-hybridized carbons (Fsp3) is 0.100. The lowest BCUT2D eigenvalue weighted by Gasteiger charge is -2.05. The van der Waals surface area contributed by atoms with Gasteiger partial charge in [-0.25, -0.2) is 9.37 Å². The van der Waals surface area contributed by atoms with Crippen molar-refractivity contribution in [3.05, 3.63) is 70.4 Å². The average Bonchev–Trinajstić information content (AvgIpc) is 3.15. The predicted octanol–water partition coefficient (Wildman–Crippen LogP) is 5.24. The third kappa shape index (κ3) is 3.90. The molecule has 0 radical (unpaired) electrons. The second kappa shape index (κ2) is 7.81. The lowest BCUT2D eigenvalue weighted by molar-refractivity contribution is 0.415. The molecule has 0 unspecified atom stereocenters. The Labute approximate surface area is 155 Å². The molecule has 0 saturated carbocycles. The summed E-state index contributed by atoms with van der Waals surface area (Å²) in [6.45, 7) is 1.87. The number of nitrogens with one attached hydrogen (secondary N) is 1. The lowest BCUT2D eigenvalue weighted by Crippen LogP contribution is -1.94. The van der Waals surface area contributed by atoms with Crippen LogP contribution in [-0.4, -0.2) is 12.1 Å². The van der Waals surface area contributed by atoms with E-state index in [0.29, 0.717) is 16.3 Å². The van der Waals surface area contributed by atoms with Crippen LogP contribution >= 0.6 is 11.3 Å². The molecule has 0 fully saturated rings. The monoisotopic (exact) mass is 365 g/mol. The van der Waals surface area contributed by atoms with Crippen molar-refractivity contribution in [2.75, 3.05) is 12.4 Å². The maximum Gasteiger partial charge on any atom is 0.136 e. The van der Waals surface area contributed by atoms with Gasteiger partial charge in [0.25, 0.3) is 0 Å². The highest BCUT2D eigenvalue weighted by Crippen LogP contribution is 2.27. The summed E-state index contributed by atoms with van der Waals surface area (Å²) in [7, 11) is 1.62. The van der Waals surface area contributed by atoms with Crippen LogP contribution < -0.4 is 10.1 Å². The number of methoxy groups -OCH3 is 1. The van der Waals surface area contributed by atoms with E-state index in [2.05, 4.69) is 16.4 Å². The van der Waals surface area contributed by atoms with Crippen molar-refractivity contribution in [2.24, 2.45) is 0 Å². The van der Waals surface area contributed by atoms with Crippen LogP contribution in [0.1, 0.15) is 10.6 Å². The smallest absolute Gasteiger partial charge is 0.136 e. The van der Waals surface area contributed by atoms with Crippen molar-refractivity contribution >= 4 is 22.6 Å². The Morgan fingerprint density at radius 2 is 2.04 bits per heavy atom. The number of ether oxygens (including phenoxy) is 1. The van der Waals surface area contributed by atoms with E-state index in [4.69, 9.17) is 4.74 Å². The minimum atomic E-state index is -0.332. The summed E-state index contributed by atoms with van der Waals surface area (Å²) in [5, 5.41) is 14.9. The minimum absolute atomic E-state index is 0.332. The Hall–Kier alpha value is -3.17. The van der Waals surface area contributed by atoms with Crippen molar-refractivity contribution in [3.8, 4) is 23.1 Å². The highest BCUT2D eigenvalue weighted by molar-refractivity contribution is 7.11. The van der Waals surface area contributed by atoms with Crippen LogP contribution in [0.15, 0.2) is 54.0 Å². The summed E-state index contributed by atoms with van der Waals surface area (Å²) >= 11 is 1.38. The van der Waals surface area contributed by atoms with Gasteiger partial charge in [0.1, 0.15) is 28.2 Å². The molecule has 0 aliphatic heterocycles. The van der Waals surface area contributed by atoms with Crippen molar-refractivity contribution < 1.29 is 9.13 Å². The molecule has 3 aromatic rings. The molecular formula is C20H16FN3OS. The Morgan fingerprint density at radius 3 is 2.73 bits per heavy atom. The topological polar surface area (TPSA) is 57.9 Å². The first-order valence-corrected chi connectivity index (χ1v) is 8.72. The van der Waals surface area contributed by atoms with Crippen molar-refractivity contribution in [1.82, 2.24) is 4.98 Å². The summed E-state index contributed by atoms with van der Waals surface area (Å²) in [5.41, 5.74) is 3.62. The van der Waals surface area contributed by atoms with Gasteiger partial charge in [-0.2, -0.15) is 5.26 Å². The molecule has 0 bridgehead atoms. The molecule has 1 N–H and O–H groups in total. The molecule has 0 saturated heterocycles. The number of benzene rings is 2. The highest BCUT2D eigenvalue weighted by Gasteiger charge is 2.09. The molecule has 0 atom stereocenters. The van der Waals surface area contributed by atoms with E-state index >= 15 is 0 Å². The van der Waals surface area contributed by atoms with Gasteiger partial charge in [0.05, 0.1) is 12.8 Å². The summed E-state index contributed by atoms with van der Waals surface area (Å²) < 4.78 is 18.5. The first kappa shape index (κ1) is 17.6. The van der Waals surface area contributed by atoms with Gasteiger partial charge in [0, 0.05) is 22.8 Å². The van der Waals surface area contributed by atoms with Crippen LogP contribution in [0.5, 0.6) is 5.75 Å². The molecule has 130 valence electrons. The van der Waals surface area contributed by atoms with Crippen LogP contribution in [0.25, 0.3) is 16.8 Å². The first-order valence-electron chi connectivity index (χ1n) is 7.84. The van der Waals surface area contributed by atoms with Gasteiger partial charge < -0.3 is 10.1 Å². The zero-order valence-corrected chi connectivity index (χ0v) is 15.1. The fourth-order valence-electron chi connectivity index (χ4n) is 2.33. The highest BCUT2D eigenvalue weighted by atomic mass is 32.1. The van der Waals surface area contributed by atoms with E-state index in [1.165, 1.54) is 23.5 Å². The number of halogens is 1. The van der Waals surface area contributed by atoms with E-state index in [1.54, 1.807) is 19.4 Å². The van der Waals surface area contributed by atoms with Gasteiger partial charge in [-0.05, 0) is 48.9 Å². The second-order valence-corrected chi connectivity index (χ2v) is 6.40. The molecule has 0 aliphatic carbocycles. The number of rotatable bonds is 5. The van der Waals surface area contributed by atoms with E-state index in [-0.39, 0.29) is 5.82 Å². The number of nitriles is 1. The Kier molecular flexibility index (Phi) is 5.30. The number of allylic oxidation sites excluding steroid dienone is 1. The summed E-state index contributed by atoms with van der Waals surface area (Å²) in [6, 6.07) is 14.2. The number of hydrogen-bond donors (Lipinski definition) is 1. The van der Waals surface area contributed by atoms with E-state index in [9.17, 15) is 9.65 Å². The maximum atomic E-state index is 13.4. The number of thiazole rings is 1. The molecule has 4 nitrogen and oxygen atoms in total. The Balaban J connectivity index is 1.83.